The van der Waals surface area contributed by atoms with Gasteiger partial charge in [-0.1, -0.05) is 0 Å². The molecule has 0 fully saturated rings. The van der Waals surface area contributed by atoms with E-state index in [1.54, 1.807) is 0 Å². The summed E-state index contributed by atoms with van der Waals surface area (Å²) < 4.78 is 46.7. The molecule has 14 heavy (non-hydrogen) atoms. The molecule has 0 aliphatic heterocycles. The number of hydrogen-bond acceptors (Lipinski definition) is 3. The number of rotatable bonds is 2. The van der Waals surface area contributed by atoms with Crippen LogP contribution in [0.5, 0.6) is 0 Å². The molecule has 7 heteroatoms. The summed E-state index contributed by atoms with van der Waals surface area (Å²) >= 11 is 0. The fraction of sp³-hybridized carbons (Fsp3) is 0.286. The van der Waals surface area contributed by atoms with E-state index in [4.69, 9.17) is 10.7 Å². The van der Waals surface area contributed by atoms with Crippen molar-refractivity contribution in [3.63, 3.8) is 0 Å². The van der Waals surface area contributed by atoms with Crippen LogP contribution in [0.2, 0.25) is 0 Å². The SMILES string of the molecule is Cc1nccc(C(F)F)c1S(=O)(=O)Cl. The second-order valence-corrected chi connectivity index (χ2v) is 5.06. The van der Waals surface area contributed by atoms with E-state index in [9.17, 15) is 17.2 Å². The Hall–Kier alpha value is -0.750. The Balaban J connectivity index is 3.54. The van der Waals surface area contributed by atoms with Crippen LogP contribution in [-0.2, 0) is 9.05 Å². The molecule has 0 aromatic carbocycles. The summed E-state index contributed by atoms with van der Waals surface area (Å²) in [6, 6.07) is 0.937. The summed E-state index contributed by atoms with van der Waals surface area (Å²) in [5.74, 6) is 0. The van der Waals surface area contributed by atoms with E-state index in [-0.39, 0.29) is 5.69 Å². The number of halogens is 3. The first kappa shape index (κ1) is 11.3. The summed E-state index contributed by atoms with van der Waals surface area (Å²) in [5, 5.41) is 0. The lowest BCUT2D eigenvalue weighted by Crippen LogP contribution is -2.03. The van der Waals surface area contributed by atoms with Gasteiger partial charge in [-0.25, -0.2) is 17.2 Å². The monoisotopic (exact) mass is 241 g/mol. The maximum Gasteiger partial charge on any atom is 0.265 e. The molecule has 1 aromatic heterocycles. The van der Waals surface area contributed by atoms with E-state index < -0.39 is 25.9 Å². The smallest absolute Gasteiger partial charge is 0.260 e. The maximum absolute atomic E-state index is 12.4. The number of hydrogen-bond donors (Lipinski definition) is 0. The molecule has 1 rings (SSSR count). The van der Waals surface area contributed by atoms with Crippen LogP contribution in [0.4, 0.5) is 8.78 Å². The molecule has 1 aromatic rings. The van der Waals surface area contributed by atoms with Crippen LogP contribution >= 0.6 is 10.7 Å². The molecule has 0 radical (unpaired) electrons. The van der Waals surface area contributed by atoms with Crippen molar-refractivity contribution in [1.82, 2.24) is 4.98 Å². The second kappa shape index (κ2) is 3.78. The fourth-order valence-electron chi connectivity index (χ4n) is 1.06. The summed E-state index contributed by atoms with van der Waals surface area (Å²) in [7, 11) is 0.833. The van der Waals surface area contributed by atoms with Crippen molar-refractivity contribution in [2.24, 2.45) is 0 Å². The topological polar surface area (TPSA) is 47.0 Å². The average Bonchev–Trinajstić information content (AvgIpc) is 2.01. The Kier molecular flexibility index (Phi) is 3.06. The van der Waals surface area contributed by atoms with Gasteiger partial charge in [0, 0.05) is 22.4 Å². The zero-order valence-corrected chi connectivity index (χ0v) is 8.61. The lowest BCUT2D eigenvalue weighted by molar-refractivity contribution is 0.147. The normalized spacial score (nSPS) is 12.1. The summed E-state index contributed by atoms with van der Waals surface area (Å²) in [5.41, 5.74) is -0.648. The third-order valence-electron chi connectivity index (χ3n) is 1.59. The molecule has 78 valence electrons. The number of aromatic nitrogens is 1. The van der Waals surface area contributed by atoms with Gasteiger partial charge in [0.1, 0.15) is 4.90 Å². The largest absolute Gasteiger partial charge is 0.265 e. The van der Waals surface area contributed by atoms with Crippen LogP contribution in [0.15, 0.2) is 17.2 Å². The Morgan fingerprint density at radius 2 is 2.07 bits per heavy atom. The van der Waals surface area contributed by atoms with E-state index in [0.29, 0.717) is 0 Å². The minimum absolute atomic E-state index is 0.0298. The van der Waals surface area contributed by atoms with E-state index >= 15 is 0 Å². The highest BCUT2D eigenvalue weighted by molar-refractivity contribution is 8.13. The third-order valence-corrected chi connectivity index (χ3v) is 3.07. The molecule has 0 bridgehead atoms. The molecule has 0 aliphatic carbocycles. The Labute approximate surface area is 84.1 Å². The van der Waals surface area contributed by atoms with Crippen molar-refractivity contribution in [1.29, 1.82) is 0 Å². The van der Waals surface area contributed by atoms with Gasteiger partial charge in [-0.3, -0.25) is 4.98 Å². The first-order valence-electron chi connectivity index (χ1n) is 3.52. The van der Waals surface area contributed by atoms with Crippen molar-refractivity contribution >= 4 is 19.7 Å². The highest BCUT2D eigenvalue weighted by atomic mass is 35.7. The maximum atomic E-state index is 12.4. The van der Waals surface area contributed by atoms with E-state index in [0.717, 1.165) is 12.3 Å². The van der Waals surface area contributed by atoms with Crippen LogP contribution in [0.25, 0.3) is 0 Å². The van der Waals surface area contributed by atoms with Gasteiger partial charge in [-0.15, -0.1) is 0 Å². The summed E-state index contributed by atoms with van der Waals surface area (Å²) in [4.78, 5) is 2.99. The zero-order chi connectivity index (χ0) is 10.9. The zero-order valence-electron chi connectivity index (χ0n) is 7.04. The van der Waals surface area contributed by atoms with Gasteiger partial charge >= 0.3 is 0 Å². The predicted molar refractivity (Wildman–Crippen MR) is 47.0 cm³/mol. The molecule has 3 nitrogen and oxygen atoms in total. The summed E-state index contributed by atoms with van der Waals surface area (Å²) in [6.07, 6.45) is -1.78. The molecular weight excluding hydrogens is 236 g/mol. The minimum atomic E-state index is -4.18. The quantitative estimate of drug-likeness (QED) is 0.746. The highest BCUT2D eigenvalue weighted by Gasteiger charge is 2.24. The minimum Gasteiger partial charge on any atom is -0.260 e. The fourth-order valence-corrected chi connectivity index (χ4v) is 2.51. The molecule has 0 aliphatic rings. The summed E-state index contributed by atoms with van der Waals surface area (Å²) in [6.45, 7) is 1.31. The van der Waals surface area contributed by atoms with Crippen molar-refractivity contribution in [2.75, 3.05) is 0 Å². The molecule has 1 heterocycles. The predicted octanol–water partition coefficient (Wildman–Crippen LogP) is 2.26. The van der Waals surface area contributed by atoms with Gasteiger partial charge in [0.05, 0.1) is 5.69 Å². The Bertz CT molecular complexity index is 447. The third kappa shape index (κ3) is 2.19. The molecule has 0 N–H and O–H groups in total. The van der Waals surface area contributed by atoms with Crippen LogP contribution in [0.1, 0.15) is 17.7 Å². The van der Waals surface area contributed by atoms with Crippen LogP contribution in [-0.4, -0.2) is 13.4 Å². The number of nitrogens with zero attached hydrogens (tertiary/aromatic N) is 1. The van der Waals surface area contributed by atoms with Gasteiger partial charge < -0.3 is 0 Å². The van der Waals surface area contributed by atoms with Crippen molar-refractivity contribution in [3.8, 4) is 0 Å². The number of alkyl halides is 2. The van der Waals surface area contributed by atoms with Crippen LogP contribution < -0.4 is 0 Å². The lowest BCUT2D eigenvalue weighted by atomic mass is 10.2. The first-order chi connectivity index (χ1) is 6.34. The number of aryl methyl sites for hydroxylation is 1. The van der Waals surface area contributed by atoms with Crippen molar-refractivity contribution in [3.05, 3.63) is 23.5 Å². The Morgan fingerprint density at radius 1 is 1.50 bits per heavy atom. The van der Waals surface area contributed by atoms with Gasteiger partial charge in [-0.2, -0.15) is 0 Å². The van der Waals surface area contributed by atoms with Crippen molar-refractivity contribution < 1.29 is 17.2 Å². The number of pyridine rings is 1. The van der Waals surface area contributed by atoms with Gasteiger partial charge in [0.25, 0.3) is 15.5 Å². The standard InChI is InChI=1S/C7H6ClF2NO2S/c1-4-6(14(8,12)13)5(7(9)10)2-3-11-4/h2-3,7H,1H3. The van der Waals surface area contributed by atoms with Gasteiger partial charge in [0.15, 0.2) is 0 Å². The highest BCUT2D eigenvalue weighted by Crippen LogP contribution is 2.29. The Morgan fingerprint density at radius 3 is 2.43 bits per heavy atom. The molecule has 0 unspecified atom stereocenters. The average molecular weight is 242 g/mol. The molecule has 0 atom stereocenters. The molecular formula is C7H6ClF2NO2S. The lowest BCUT2D eigenvalue weighted by Gasteiger charge is -2.07. The van der Waals surface area contributed by atoms with Crippen LogP contribution in [0.3, 0.4) is 0 Å². The van der Waals surface area contributed by atoms with E-state index in [1.165, 1.54) is 6.92 Å². The van der Waals surface area contributed by atoms with E-state index in [1.807, 2.05) is 0 Å². The second-order valence-electron chi connectivity index (χ2n) is 2.55. The molecule has 0 saturated carbocycles. The molecule has 0 spiro atoms. The van der Waals surface area contributed by atoms with Gasteiger partial charge in [0.2, 0.25) is 0 Å². The van der Waals surface area contributed by atoms with E-state index in [2.05, 4.69) is 4.98 Å². The molecule has 0 amide bonds. The van der Waals surface area contributed by atoms with Crippen LogP contribution in [0, 0.1) is 6.92 Å². The first-order valence-corrected chi connectivity index (χ1v) is 5.83. The molecule has 0 saturated heterocycles. The van der Waals surface area contributed by atoms with Gasteiger partial charge in [-0.05, 0) is 13.0 Å². The van der Waals surface area contributed by atoms with Crippen molar-refractivity contribution in [2.45, 2.75) is 18.2 Å².